The summed E-state index contributed by atoms with van der Waals surface area (Å²) in [5, 5.41) is 18.0. The van der Waals surface area contributed by atoms with Crippen LogP contribution in [0.15, 0.2) is 30.3 Å². The molecule has 1 aromatic rings. The second-order valence-electron chi connectivity index (χ2n) is 3.53. The lowest BCUT2D eigenvalue weighted by molar-refractivity contribution is 0.269. The highest BCUT2D eigenvalue weighted by molar-refractivity contribution is 5.41. The van der Waals surface area contributed by atoms with E-state index in [-0.39, 0.29) is 12.5 Å². The molecule has 1 N–H and O–H groups in total. The highest BCUT2D eigenvalue weighted by atomic mass is 16.3. The Hall–Kier alpha value is -1.33. The van der Waals surface area contributed by atoms with Gasteiger partial charge in [-0.15, -0.1) is 0 Å². The van der Waals surface area contributed by atoms with Crippen LogP contribution in [0.1, 0.15) is 25.8 Å². The van der Waals surface area contributed by atoms with Crippen LogP contribution in [0.4, 0.5) is 0 Å². The molecule has 1 saturated carbocycles. The quantitative estimate of drug-likeness (QED) is 0.802. The Labute approximate surface area is 91.2 Å². The summed E-state index contributed by atoms with van der Waals surface area (Å²) in [6, 6.07) is 12.0. The fourth-order valence-electron chi connectivity index (χ4n) is 1.84. The monoisotopic (exact) mass is 203 g/mol. The summed E-state index contributed by atoms with van der Waals surface area (Å²) in [7, 11) is 0. The molecule has 1 aromatic carbocycles. The molecule has 0 bridgehead atoms. The van der Waals surface area contributed by atoms with Crippen molar-refractivity contribution in [2.45, 2.75) is 25.7 Å². The summed E-state index contributed by atoms with van der Waals surface area (Å²) >= 11 is 0. The van der Waals surface area contributed by atoms with Crippen molar-refractivity contribution < 1.29 is 5.11 Å². The third-order valence-corrected chi connectivity index (χ3v) is 2.81. The number of hydrogen-bond donors (Lipinski definition) is 1. The van der Waals surface area contributed by atoms with Gasteiger partial charge in [-0.3, -0.25) is 0 Å². The summed E-state index contributed by atoms with van der Waals surface area (Å²) in [5.41, 5.74) is 0.646. The minimum absolute atomic E-state index is 0.114. The molecule has 0 aliphatic heterocycles. The number of aliphatic hydroxyl groups excluding tert-OH is 1. The van der Waals surface area contributed by atoms with Gasteiger partial charge in [0.25, 0.3) is 0 Å². The molecule has 0 heterocycles. The predicted molar refractivity (Wildman–Crippen MR) is 60.3 cm³/mol. The van der Waals surface area contributed by atoms with Gasteiger partial charge < -0.3 is 5.11 Å². The van der Waals surface area contributed by atoms with E-state index >= 15 is 0 Å². The van der Waals surface area contributed by atoms with Gasteiger partial charge in [-0.2, -0.15) is 5.26 Å². The van der Waals surface area contributed by atoms with E-state index in [0.29, 0.717) is 0 Å². The van der Waals surface area contributed by atoms with Crippen molar-refractivity contribution in [3.05, 3.63) is 35.9 Å². The molecule has 80 valence electrons. The van der Waals surface area contributed by atoms with Gasteiger partial charge in [0, 0.05) is 12.5 Å². The maximum absolute atomic E-state index is 9.05. The summed E-state index contributed by atoms with van der Waals surface area (Å²) in [6.07, 6.45) is 0.796. The molecule has 1 aliphatic carbocycles. The topological polar surface area (TPSA) is 44.0 Å². The second kappa shape index (κ2) is 4.95. The minimum Gasteiger partial charge on any atom is -0.396 e. The van der Waals surface area contributed by atoms with Crippen molar-refractivity contribution in [3.8, 4) is 6.07 Å². The molecule has 2 nitrogen and oxygen atoms in total. The van der Waals surface area contributed by atoms with E-state index in [1.165, 1.54) is 0 Å². The Morgan fingerprint density at radius 3 is 2.40 bits per heavy atom. The molecule has 2 atom stereocenters. The van der Waals surface area contributed by atoms with E-state index < -0.39 is 5.41 Å². The van der Waals surface area contributed by atoms with Gasteiger partial charge in [-0.25, -0.2) is 0 Å². The maximum atomic E-state index is 9.05. The summed E-state index contributed by atoms with van der Waals surface area (Å²) in [6.45, 7) is 4.11. The molecular formula is C13H17NO. The third kappa shape index (κ3) is 2.03. The van der Waals surface area contributed by atoms with Crippen LogP contribution < -0.4 is 0 Å². The van der Waals surface area contributed by atoms with Crippen LogP contribution in [0.3, 0.4) is 0 Å². The Morgan fingerprint density at radius 1 is 1.40 bits per heavy atom. The van der Waals surface area contributed by atoms with Crippen molar-refractivity contribution >= 4 is 0 Å². The van der Waals surface area contributed by atoms with Crippen molar-refractivity contribution in [3.63, 3.8) is 0 Å². The molecule has 2 heteroatoms. The zero-order valence-corrected chi connectivity index (χ0v) is 9.27. The molecule has 0 spiro atoms. The number of nitriles is 1. The SMILES string of the molecule is CC.N#CC1(c2ccccc2)CC1CO. The van der Waals surface area contributed by atoms with Gasteiger partial charge in [0.1, 0.15) is 0 Å². The first-order valence-electron chi connectivity index (χ1n) is 5.41. The molecule has 15 heavy (non-hydrogen) atoms. The lowest BCUT2D eigenvalue weighted by Crippen LogP contribution is -2.08. The lowest BCUT2D eigenvalue weighted by Gasteiger charge is -2.06. The molecule has 2 rings (SSSR count). The van der Waals surface area contributed by atoms with Crippen molar-refractivity contribution in [1.82, 2.24) is 0 Å². The van der Waals surface area contributed by atoms with Crippen molar-refractivity contribution in [2.75, 3.05) is 6.61 Å². The van der Waals surface area contributed by atoms with E-state index in [2.05, 4.69) is 6.07 Å². The average molecular weight is 203 g/mol. The van der Waals surface area contributed by atoms with E-state index in [0.717, 1.165) is 12.0 Å². The fourth-order valence-corrected chi connectivity index (χ4v) is 1.84. The maximum Gasteiger partial charge on any atom is 0.0877 e. The molecule has 1 fully saturated rings. The molecule has 0 amide bonds. The van der Waals surface area contributed by atoms with E-state index in [1.807, 2.05) is 44.2 Å². The van der Waals surface area contributed by atoms with Gasteiger partial charge in [-0.05, 0) is 12.0 Å². The number of nitrogens with zero attached hydrogens (tertiary/aromatic N) is 1. The van der Waals surface area contributed by atoms with Crippen LogP contribution >= 0.6 is 0 Å². The number of benzene rings is 1. The largest absolute Gasteiger partial charge is 0.396 e. The molecule has 1 aliphatic rings. The molecule has 2 unspecified atom stereocenters. The van der Waals surface area contributed by atoms with Crippen LogP contribution in [-0.2, 0) is 5.41 Å². The van der Waals surface area contributed by atoms with Crippen LogP contribution in [0.2, 0.25) is 0 Å². The first-order chi connectivity index (χ1) is 7.33. The Kier molecular flexibility index (Phi) is 3.88. The Balaban J connectivity index is 0.000000531. The van der Waals surface area contributed by atoms with Crippen molar-refractivity contribution in [1.29, 1.82) is 5.26 Å². The zero-order valence-electron chi connectivity index (χ0n) is 9.27. The third-order valence-electron chi connectivity index (χ3n) is 2.81. The fraction of sp³-hybridized carbons (Fsp3) is 0.462. The number of rotatable bonds is 2. The minimum atomic E-state index is -0.393. The Morgan fingerprint density at radius 2 is 2.00 bits per heavy atom. The average Bonchev–Trinajstić information content (AvgIpc) is 3.08. The smallest absolute Gasteiger partial charge is 0.0877 e. The zero-order chi connectivity index (χ0) is 11.3. The standard InChI is InChI=1S/C11H11NO.C2H6/c12-8-11(6-10(11)7-13)9-4-2-1-3-5-9;1-2/h1-5,10,13H,6-7H2;1-2H3. The second-order valence-corrected chi connectivity index (χ2v) is 3.53. The van der Waals surface area contributed by atoms with Gasteiger partial charge >= 0.3 is 0 Å². The highest BCUT2D eigenvalue weighted by Gasteiger charge is 2.55. The van der Waals surface area contributed by atoms with E-state index in [1.54, 1.807) is 0 Å². The Bertz CT molecular complexity index is 341. The highest BCUT2D eigenvalue weighted by Crippen LogP contribution is 2.53. The predicted octanol–water partition coefficient (Wildman–Crippen LogP) is 2.49. The summed E-state index contributed by atoms with van der Waals surface area (Å²) in [4.78, 5) is 0. The number of hydrogen-bond acceptors (Lipinski definition) is 2. The van der Waals surface area contributed by atoms with E-state index in [9.17, 15) is 0 Å². The van der Waals surface area contributed by atoms with Crippen LogP contribution in [0.25, 0.3) is 0 Å². The molecular weight excluding hydrogens is 186 g/mol. The number of aliphatic hydroxyl groups is 1. The van der Waals surface area contributed by atoms with Crippen LogP contribution in [-0.4, -0.2) is 11.7 Å². The molecule has 0 radical (unpaired) electrons. The van der Waals surface area contributed by atoms with Gasteiger partial charge in [0.2, 0.25) is 0 Å². The lowest BCUT2D eigenvalue weighted by atomic mass is 9.95. The molecule has 0 aromatic heterocycles. The van der Waals surface area contributed by atoms with Gasteiger partial charge in [0.05, 0.1) is 11.5 Å². The molecule has 0 saturated heterocycles. The summed E-state index contributed by atoms with van der Waals surface area (Å²) < 4.78 is 0. The first kappa shape index (κ1) is 11.7. The van der Waals surface area contributed by atoms with Gasteiger partial charge in [0.15, 0.2) is 0 Å². The summed E-state index contributed by atoms with van der Waals surface area (Å²) in [5.74, 6) is 0.139. The van der Waals surface area contributed by atoms with Crippen LogP contribution in [0, 0.1) is 17.2 Å². The first-order valence-corrected chi connectivity index (χ1v) is 5.41. The van der Waals surface area contributed by atoms with E-state index in [4.69, 9.17) is 10.4 Å². The van der Waals surface area contributed by atoms with Crippen molar-refractivity contribution in [2.24, 2.45) is 5.92 Å². The van der Waals surface area contributed by atoms with Gasteiger partial charge in [-0.1, -0.05) is 44.2 Å². The van der Waals surface area contributed by atoms with Crippen LogP contribution in [0.5, 0.6) is 0 Å². The normalized spacial score (nSPS) is 27.2.